The molecule has 0 aromatic carbocycles. The lowest BCUT2D eigenvalue weighted by atomic mass is 10.2. The molecule has 0 amide bonds. The van der Waals surface area contributed by atoms with Crippen LogP contribution in [0.1, 0.15) is 34.1 Å². The van der Waals surface area contributed by atoms with Crippen LogP contribution in [0, 0.1) is 0 Å². The molecule has 0 saturated carbocycles. The molecule has 0 aromatic heterocycles. The Labute approximate surface area is 92.7 Å². The van der Waals surface area contributed by atoms with Crippen LogP contribution in [0.5, 0.6) is 0 Å². The molecule has 0 fully saturated rings. The van der Waals surface area contributed by atoms with E-state index in [0.29, 0.717) is 19.0 Å². The van der Waals surface area contributed by atoms with Gasteiger partial charge in [-0.2, -0.15) is 0 Å². The lowest BCUT2D eigenvalue weighted by molar-refractivity contribution is -0.139. The van der Waals surface area contributed by atoms with Crippen molar-refractivity contribution in [3.63, 3.8) is 0 Å². The zero-order valence-corrected chi connectivity index (χ0v) is 10.3. The van der Waals surface area contributed by atoms with Crippen LogP contribution in [0.3, 0.4) is 0 Å². The summed E-state index contributed by atoms with van der Waals surface area (Å²) in [6.07, 6.45) is 0.662. The Morgan fingerprint density at radius 2 is 2.00 bits per heavy atom. The van der Waals surface area contributed by atoms with E-state index < -0.39 is 12.0 Å². The fourth-order valence-corrected chi connectivity index (χ4v) is 1.64. The Morgan fingerprint density at radius 3 is 2.33 bits per heavy atom. The third-order valence-corrected chi connectivity index (χ3v) is 2.59. The molecule has 1 atom stereocenters. The Kier molecular flexibility index (Phi) is 7.34. The zero-order valence-electron chi connectivity index (χ0n) is 10.3. The monoisotopic (exact) mass is 216 g/mol. The van der Waals surface area contributed by atoms with Crippen LogP contribution < -0.4 is 5.32 Å². The maximum absolute atomic E-state index is 10.9. The lowest BCUT2D eigenvalue weighted by Gasteiger charge is -2.26. The molecular weight excluding hydrogens is 192 g/mol. The fourth-order valence-electron chi connectivity index (χ4n) is 1.64. The molecule has 0 radical (unpaired) electrons. The topological polar surface area (TPSA) is 52.6 Å². The predicted molar refractivity (Wildman–Crippen MR) is 62.1 cm³/mol. The summed E-state index contributed by atoms with van der Waals surface area (Å²) >= 11 is 0. The summed E-state index contributed by atoms with van der Waals surface area (Å²) in [5.74, 6) is -0.753. The molecule has 0 aliphatic rings. The Bertz CT molecular complexity index is 183. The smallest absolute Gasteiger partial charge is 0.320 e. The molecule has 1 unspecified atom stereocenters. The number of rotatable bonds is 8. The number of hydrogen-bond acceptors (Lipinski definition) is 3. The Balaban J connectivity index is 4.01. The van der Waals surface area contributed by atoms with Gasteiger partial charge in [0.15, 0.2) is 0 Å². The lowest BCUT2D eigenvalue weighted by Crippen LogP contribution is -2.41. The Hall–Kier alpha value is -0.610. The SMILES string of the molecule is CCNC(CCN(CC)C(C)C)C(=O)O. The molecule has 0 aliphatic heterocycles. The quantitative estimate of drug-likeness (QED) is 0.639. The molecule has 0 aromatic rings. The molecule has 2 N–H and O–H groups in total. The standard InChI is InChI=1S/C11H24N2O2/c1-5-12-10(11(14)15)7-8-13(6-2)9(3)4/h9-10,12H,5-8H2,1-4H3,(H,14,15). The van der Waals surface area contributed by atoms with Gasteiger partial charge in [0.05, 0.1) is 0 Å². The van der Waals surface area contributed by atoms with E-state index in [2.05, 4.69) is 31.0 Å². The number of hydrogen-bond donors (Lipinski definition) is 2. The first-order valence-corrected chi connectivity index (χ1v) is 5.73. The van der Waals surface area contributed by atoms with Crippen molar-refractivity contribution in [1.29, 1.82) is 0 Å². The van der Waals surface area contributed by atoms with Crippen molar-refractivity contribution in [2.75, 3.05) is 19.6 Å². The first kappa shape index (κ1) is 14.4. The van der Waals surface area contributed by atoms with Gasteiger partial charge in [-0.15, -0.1) is 0 Å². The van der Waals surface area contributed by atoms with Crippen LogP contribution in [-0.2, 0) is 4.79 Å². The highest BCUT2D eigenvalue weighted by atomic mass is 16.4. The summed E-state index contributed by atoms with van der Waals surface area (Å²) in [6.45, 7) is 10.8. The highest BCUT2D eigenvalue weighted by Gasteiger charge is 2.17. The number of aliphatic carboxylic acids is 1. The predicted octanol–water partition coefficient (Wildman–Crippen LogP) is 1.17. The molecule has 0 spiro atoms. The van der Waals surface area contributed by atoms with Gasteiger partial charge in [-0.25, -0.2) is 0 Å². The van der Waals surface area contributed by atoms with Crippen LogP contribution in [0.2, 0.25) is 0 Å². The Morgan fingerprint density at radius 1 is 1.40 bits per heavy atom. The molecule has 0 rings (SSSR count). The molecule has 0 bridgehead atoms. The number of nitrogens with zero attached hydrogens (tertiary/aromatic N) is 1. The number of carboxylic acid groups (broad SMARTS) is 1. The maximum atomic E-state index is 10.9. The maximum Gasteiger partial charge on any atom is 0.320 e. The molecule has 0 heterocycles. The van der Waals surface area contributed by atoms with Crippen LogP contribution >= 0.6 is 0 Å². The number of carbonyl (C=O) groups is 1. The van der Waals surface area contributed by atoms with E-state index in [0.717, 1.165) is 13.1 Å². The van der Waals surface area contributed by atoms with E-state index in [1.807, 2.05) is 6.92 Å². The van der Waals surface area contributed by atoms with Crippen molar-refractivity contribution in [2.24, 2.45) is 0 Å². The van der Waals surface area contributed by atoms with Crippen LogP contribution in [-0.4, -0.2) is 47.7 Å². The van der Waals surface area contributed by atoms with E-state index in [9.17, 15) is 4.79 Å². The van der Waals surface area contributed by atoms with Gasteiger partial charge >= 0.3 is 5.97 Å². The second-order valence-corrected chi connectivity index (χ2v) is 3.96. The van der Waals surface area contributed by atoms with Gasteiger partial charge < -0.3 is 15.3 Å². The largest absolute Gasteiger partial charge is 0.480 e. The van der Waals surface area contributed by atoms with E-state index in [4.69, 9.17) is 5.11 Å². The summed E-state index contributed by atoms with van der Waals surface area (Å²) in [5.41, 5.74) is 0. The summed E-state index contributed by atoms with van der Waals surface area (Å²) < 4.78 is 0. The highest BCUT2D eigenvalue weighted by Crippen LogP contribution is 2.01. The van der Waals surface area contributed by atoms with Crippen molar-refractivity contribution in [1.82, 2.24) is 10.2 Å². The molecule has 4 nitrogen and oxygen atoms in total. The van der Waals surface area contributed by atoms with Crippen molar-refractivity contribution in [2.45, 2.75) is 46.2 Å². The number of likely N-dealkylation sites (N-methyl/N-ethyl adjacent to an activating group) is 1. The van der Waals surface area contributed by atoms with Crippen LogP contribution in [0.25, 0.3) is 0 Å². The second-order valence-electron chi connectivity index (χ2n) is 3.96. The van der Waals surface area contributed by atoms with Gasteiger partial charge in [0.2, 0.25) is 0 Å². The summed E-state index contributed by atoms with van der Waals surface area (Å²) in [7, 11) is 0. The average Bonchev–Trinajstić information content (AvgIpc) is 2.16. The van der Waals surface area contributed by atoms with Gasteiger partial charge in [0.25, 0.3) is 0 Å². The molecule has 0 saturated heterocycles. The van der Waals surface area contributed by atoms with E-state index >= 15 is 0 Å². The third-order valence-electron chi connectivity index (χ3n) is 2.59. The summed E-state index contributed by atoms with van der Waals surface area (Å²) in [4.78, 5) is 13.2. The van der Waals surface area contributed by atoms with E-state index in [1.54, 1.807) is 0 Å². The summed E-state index contributed by atoms with van der Waals surface area (Å²) in [5, 5.41) is 11.9. The van der Waals surface area contributed by atoms with Gasteiger partial charge in [-0.1, -0.05) is 13.8 Å². The normalized spacial score (nSPS) is 13.5. The van der Waals surface area contributed by atoms with Gasteiger partial charge in [0, 0.05) is 12.6 Å². The van der Waals surface area contributed by atoms with Crippen LogP contribution in [0.15, 0.2) is 0 Å². The van der Waals surface area contributed by atoms with Gasteiger partial charge in [-0.05, 0) is 33.4 Å². The summed E-state index contributed by atoms with van der Waals surface area (Å²) in [6, 6.07) is 0.0638. The average molecular weight is 216 g/mol. The molecule has 15 heavy (non-hydrogen) atoms. The zero-order chi connectivity index (χ0) is 11.8. The van der Waals surface area contributed by atoms with Gasteiger partial charge in [0.1, 0.15) is 6.04 Å². The first-order valence-electron chi connectivity index (χ1n) is 5.73. The van der Waals surface area contributed by atoms with Crippen molar-refractivity contribution in [3.05, 3.63) is 0 Å². The van der Waals surface area contributed by atoms with E-state index in [-0.39, 0.29) is 0 Å². The van der Waals surface area contributed by atoms with Crippen LogP contribution in [0.4, 0.5) is 0 Å². The minimum atomic E-state index is -0.753. The number of carboxylic acids is 1. The second kappa shape index (κ2) is 7.65. The van der Waals surface area contributed by atoms with Crippen molar-refractivity contribution in [3.8, 4) is 0 Å². The number of nitrogens with one attached hydrogen (secondary N) is 1. The first-order chi connectivity index (χ1) is 7.02. The third kappa shape index (κ3) is 5.74. The fraction of sp³-hybridized carbons (Fsp3) is 0.909. The highest BCUT2D eigenvalue weighted by molar-refractivity contribution is 5.73. The van der Waals surface area contributed by atoms with Crippen molar-refractivity contribution < 1.29 is 9.90 Å². The van der Waals surface area contributed by atoms with Crippen molar-refractivity contribution >= 4 is 5.97 Å². The molecule has 90 valence electrons. The molecular formula is C11H24N2O2. The van der Waals surface area contributed by atoms with Gasteiger partial charge in [-0.3, -0.25) is 4.79 Å². The van der Waals surface area contributed by atoms with E-state index in [1.165, 1.54) is 0 Å². The minimum Gasteiger partial charge on any atom is -0.480 e. The molecule has 0 aliphatic carbocycles. The molecule has 4 heteroatoms. The minimum absolute atomic E-state index is 0.414.